The zero-order chi connectivity index (χ0) is 39.6. The second-order valence-corrected chi connectivity index (χ2v) is 15.0. The quantitative estimate of drug-likeness (QED) is 0.123. The van der Waals surface area contributed by atoms with Crippen molar-refractivity contribution in [2.75, 3.05) is 30.9 Å². The molecule has 4 N–H and O–H groups in total. The molecule has 288 valence electrons. The summed E-state index contributed by atoms with van der Waals surface area (Å²) in [6, 6.07) is 4.94. The zero-order valence-electron chi connectivity index (χ0n) is 28.2. The van der Waals surface area contributed by atoms with E-state index in [0.717, 1.165) is 0 Å². The Morgan fingerprint density at radius 2 is 1.59 bits per heavy atom. The standard InChI is InChI=1S/C31H30N4O16S3/c1-3-15(10-19-32(8-4-5-9-54(46,47)48)17-11-16(49-2)6-7-18(17)50-19)24-27(43)34(13-21(38)39)30(52-24)23-26(42)33(12-20(36)37)29(51-23)25-28(44)35(14-22(40)41)31(45)53-25/h6-7,10-11H,3-5,8-9,12-14H2,1-2H3,(H,36,37)(H,38,39)(H,40,41)(H,46,47,48)/b19-10?,24-15+,29-25+,30-23+. The first-order valence-electron chi connectivity index (χ1n) is 15.6. The molecule has 4 heterocycles. The number of aromatic nitrogens is 2. The third kappa shape index (κ3) is 8.27. The van der Waals surface area contributed by atoms with Crippen LogP contribution in [-0.4, -0.2) is 97.3 Å². The highest BCUT2D eigenvalue weighted by atomic mass is 32.2. The van der Waals surface area contributed by atoms with E-state index in [2.05, 4.69) is 0 Å². The van der Waals surface area contributed by atoms with Crippen molar-refractivity contribution in [1.82, 2.24) is 14.0 Å². The van der Waals surface area contributed by atoms with Crippen molar-refractivity contribution < 1.29 is 66.2 Å². The number of hydrogen-bond donors (Lipinski definition) is 4. The Balaban J connectivity index is 1.77. The van der Waals surface area contributed by atoms with Crippen LogP contribution in [0.3, 0.4) is 0 Å². The van der Waals surface area contributed by atoms with Crippen LogP contribution in [0.25, 0.3) is 10.5 Å². The van der Waals surface area contributed by atoms with Crippen LogP contribution in [0.2, 0.25) is 0 Å². The zero-order valence-corrected chi connectivity index (χ0v) is 30.6. The Morgan fingerprint density at radius 3 is 2.20 bits per heavy atom. The highest BCUT2D eigenvalue weighted by Gasteiger charge is 2.39. The number of thioether (sulfide) groups is 1. The lowest BCUT2D eigenvalue weighted by molar-refractivity contribution is -0.140. The summed E-state index contributed by atoms with van der Waals surface area (Å²) in [5.41, 5.74) is -2.70. The number of aliphatic carboxylic acids is 3. The van der Waals surface area contributed by atoms with Crippen molar-refractivity contribution in [2.24, 2.45) is 0 Å². The average Bonchev–Trinajstić information content (AvgIpc) is 3.78. The van der Waals surface area contributed by atoms with Crippen molar-refractivity contribution in [3.8, 4) is 11.5 Å². The summed E-state index contributed by atoms with van der Waals surface area (Å²) in [5, 5.41) is 27.4. The summed E-state index contributed by atoms with van der Waals surface area (Å²) in [4.78, 5) is 89.6. The normalized spacial score (nSPS) is 17.2. The number of anilines is 1. The van der Waals surface area contributed by atoms with Crippen LogP contribution in [0.1, 0.15) is 26.2 Å². The fourth-order valence-corrected chi connectivity index (χ4v) is 8.07. The lowest BCUT2D eigenvalue weighted by atomic mass is 10.2. The average molecular weight is 811 g/mol. The molecule has 2 amide bonds. The molecule has 2 aromatic heterocycles. The molecule has 3 aromatic rings. The molecular formula is C31H30N4O16S3. The number of carboxylic acids is 3. The SMILES string of the molecule is CC/C(C=C1Oc2ccc(OC)cc2N1CCCCS(=O)(=O)O)=c1\s/c(=c2/o/c(=C3/SC(=O)N(CC(=O)O)C3=O)n(CC(=O)O)c2=O)n(CC(=O)O)c1=O. The molecule has 23 heteroatoms. The van der Waals surface area contributed by atoms with Gasteiger partial charge in [0.2, 0.25) is 16.8 Å². The van der Waals surface area contributed by atoms with Gasteiger partial charge in [0.1, 0.15) is 35.0 Å². The number of imide groups is 1. The minimum Gasteiger partial charge on any atom is -0.497 e. The Kier molecular flexibility index (Phi) is 11.5. The maximum Gasteiger partial charge on any atom is 0.323 e. The van der Waals surface area contributed by atoms with E-state index in [1.807, 2.05) is 0 Å². The summed E-state index contributed by atoms with van der Waals surface area (Å²) in [6.07, 6.45) is 2.01. The molecule has 0 spiro atoms. The Hall–Kier alpha value is -5.65. The van der Waals surface area contributed by atoms with Crippen LogP contribution in [-0.2, 0) is 42.4 Å². The molecule has 0 aliphatic carbocycles. The number of thiazole rings is 1. The van der Waals surface area contributed by atoms with Crippen molar-refractivity contribution in [3.63, 3.8) is 0 Å². The number of fused-ring (bicyclic) bond motifs is 1. The topological polar surface area (TPSA) is 282 Å². The largest absolute Gasteiger partial charge is 0.497 e. The number of oxazole rings is 1. The molecule has 0 unspecified atom stereocenters. The van der Waals surface area contributed by atoms with Crippen LogP contribution < -0.4 is 35.6 Å². The van der Waals surface area contributed by atoms with Gasteiger partial charge in [0, 0.05) is 18.7 Å². The third-order valence-electron chi connectivity index (χ3n) is 7.83. The van der Waals surface area contributed by atoms with Gasteiger partial charge in [0.05, 0.1) is 23.1 Å². The fraction of sp³-hybridized carbons (Fsp3) is 0.323. The summed E-state index contributed by atoms with van der Waals surface area (Å²) in [6.45, 7) is -1.24. The van der Waals surface area contributed by atoms with Gasteiger partial charge in [-0.15, -0.1) is 11.3 Å². The van der Waals surface area contributed by atoms with Gasteiger partial charge < -0.3 is 34.1 Å². The summed E-state index contributed by atoms with van der Waals surface area (Å²) in [5.74, 6) is -5.22. The van der Waals surface area contributed by atoms with Crippen molar-refractivity contribution in [2.45, 2.75) is 39.3 Å². The smallest absolute Gasteiger partial charge is 0.323 e. The van der Waals surface area contributed by atoms with E-state index in [-0.39, 0.29) is 58.2 Å². The molecule has 1 fully saturated rings. The van der Waals surface area contributed by atoms with Gasteiger partial charge in [-0.3, -0.25) is 52.1 Å². The Morgan fingerprint density at radius 1 is 0.926 bits per heavy atom. The molecule has 2 aliphatic rings. The second-order valence-electron chi connectivity index (χ2n) is 11.5. The summed E-state index contributed by atoms with van der Waals surface area (Å²) in [7, 11) is -2.76. The van der Waals surface area contributed by atoms with Gasteiger partial charge in [-0.25, -0.2) is 0 Å². The van der Waals surface area contributed by atoms with E-state index in [4.69, 9.17) is 19.0 Å². The number of nitrogens with zero attached hydrogens (tertiary/aromatic N) is 4. The van der Waals surface area contributed by atoms with E-state index in [9.17, 15) is 56.7 Å². The van der Waals surface area contributed by atoms with E-state index in [1.54, 1.807) is 30.0 Å². The molecule has 1 aromatic carbocycles. The number of carboxylic acid groups (broad SMARTS) is 3. The first-order valence-corrected chi connectivity index (χ1v) is 18.9. The minimum absolute atomic E-state index is 0.0753. The number of rotatable bonds is 14. The molecule has 0 atom stereocenters. The van der Waals surface area contributed by atoms with Crippen LogP contribution in [0.4, 0.5) is 10.5 Å². The predicted octanol–water partition coefficient (Wildman–Crippen LogP) is -0.0134. The fourth-order valence-electron chi connectivity index (χ4n) is 5.43. The van der Waals surface area contributed by atoms with E-state index >= 15 is 0 Å². The summed E-state index contributed by atoms with van der Waals surface area (Å²) >= 11 is 0.822. The number of allylic oxidation sites excluding steroid dienone is 1. The lowest BCUT2D eigenvalue weighted by Crippen LogP contribution is -2.36. The highest BCUT2D eigenvalue weighted by molar-refractivity contribution is 8.22. The minimum atomic E-state index is -4.21. The van der Waals surface area contributed by atoms with Gasteiger partial charge in [0.25, 0.3) is 32.4 Å². The number of unbranched alkanes of at least 4 members (excludes halogenated alkanes) is 1. The van der Waals surface area contributed by atoms with Gasteiger partial charge in [-0.1, -0.05) is 6.92 Å². The number of ether oxygens (including phenoxy) is 2. The monoisotopic (exact) mass is 810 g/mol. The maximum atomic E-state index is 13.9. The van der Waals surface area contributed by atoms with E-state index in [0.29, 0.717) is 42.6 Å². The van der Waals surface area contributed by atoms with E-state index in [1.165, 1.54) is 13.2 Å². The number of benzene rings is 1. The number of hydrogen-bond acceptors (Lipinski definition) is 15. The van der Waals surface area contributed by atoms with Crippen molar-refractivity contribution in [1.29, 1.82) is 0 Å². The van der Waals surface area contributed by atoms with E-state index < -0.39 is 91.5 Å². The van der Waals surface area contributed by atoms with Crippen LogP contribution in [0, 0.1) is 10.1 Å². The molecule has 20 nitrogen and oxygen atoms in total. The first kappa shape index (κ1) is 39.6. The molecule has 5 rings (SSSR count). The Labute approximate surface area is 310 Å². The number of carbonyl (C=O) groups is 5. The van der Waals surface area contributed by atoms with Gasteiger partial charge in [-0.05, 0) is 48.7 Å². The first-order chi connectivity index (χ1) is 25.4. The highest BCUT2D eigenvalue weighted by Crippen LogP contribution is 2.42. The van der Waals surface area contributed by atoms with Gasteiger partial charge in [-0.2, -0.15) is 8.42 Å². The molecule has 2 aliphatic heterocycles. The molecule has 1 saturated heterocycles. The number of amides is 2. The van der Waals surface area contributed by atoms with Crippen LogP contribution in [0.5, 0.6) is 11.5 Å². The second kappa shape index (κ2) is 15.8. The van der Waals surface area contributed by atoms with Gasteiger partial charge >= 0.3 is 17.9 Å². The van der Waals surface area contributed by atoms with Gasteiger partial charge in [0.15, 0.2) is 5.75 Å². The molecule has 0 saturated carbocycles. The van der Waals surface area contributed by atoms with Crippen molar-refractivity contribution >= 4 is 78.4 Å². The number of methoxy groups -OCH3 is 1. The lowest BCUT2D eigenvalue weighted by Gasteiger charge is -2.19. The molecular weight excluding hydrogens is 781 g/mol. The molecule has 0 bridgehead atoms. The predicted molar refractivity (Wildman–Crippen MR) is 188 cm³/mol. The summed E-state index contributed by atoms with van der Waals surface area (Å²) < 4.78 is 49.6. The third-order valence-corrected chi connectivity index (χ3v) is 10.8. The van der Waals surface area contributed by atoms with Crippen LogP contribution >= 0.6 is 23.1 Å². The van der Waals surface area contributed by atoms with Crippen molar-refractivity contribution in [3.05, 3.63) is 71.0 Å². The molecule has 54 heavy (non-hydrogen) atoms. The van der Waals surface area contributed by atoms with Crippen LogP contribution in [0.15, 0.2) is 44.2 Å². The number of carbonyl (C=O) groups excluding carboxylic acids is 2. The molecule has 0 radical (unpaired) electrons. The Bertz CT molecular complexity index is 2580. The maximum absolute atomic E-state index is 13.9.